The van der Waals surface area contributed by atoms with Crippen molar-refractivity contribution in [1.29, 1.82) is 0 Å². The second-order valence-corrected chi connectivity index (χ2v) is 5.24. The Morgan fingerprint density at radius 1 is 1.00 bits per heavy atom. The molecule has 0 aromatic heterocycles. The fourth-order valence-corrected chi connectivity index (χ4v) is 2.96. The van der Waals surface area contributed by atoms with Crippen molar-refractivity contribution >= 4 is 5.91 Å². The summed E-state index contributed by atoms with van der Waals surface area (Å²) in [6.45, 7) is 4.23. The standard InChI is InChI=1S/C12H20N2O/c15-12(13-6-1-2-7-13)10-5-8-14(9-10)11-3-4-11/h10-11H,1-9H2. The van der Waals surface area contributed by atoms with Crippen molar-refractivity contribution in [3.63, 3.8) is 0 Å². The van der Waals surface area contributed by atoms with Gasteiger partial charge in [-0.2, -0.15) is 0 Å². The first-order valence-electron chi connectivity index (χ1n) is 6.37. The van der Waals surface area contributed by atoms with Crippen molar-refractivity contribution < 1.29 is 4.79 Å². The summed E-state index contributed by atoms with van der Waals surface area (Å²) in [4.78, 5) is 16.7. The van der Waals surface area contributed by atoms with Crippen LogP contribution in [-0.2, 0) is 4.79 Å². The quantitative estimate of drug-likeness (QED) is 0.678. The van der Waals surface area contributed by atoms with E-state index < -0.39 is 0 Å². The number of carbonyl (C=O) groups excluding carboxylic acids is 1. The molecule has 0 radical (unpaired) electrons. The molecule has 0 spiro atoms. The smallest absolute Gasteiger partial charge is 0.227 e. The Bertz CT molecular complexity index is 256. The number of carbonyl (C=O) groups is 1. The van der Waals surface area contributed by atoms with Crippen molar-refractivity contribution in [1.82, 2.24) is 9.80 Å². The van der Waals surface area contributed by atoms with E-state index in [9.17, 15) is 4.79 Å². The van der Waals surface area contributed by atoms with E-state index in [1.54, 1.807) is 0 Å². The first kappa shape index (κ1) is 9.64. The molecule has 2 aliphatic heterocycles. The lowest BCUT2D eigenvalue weighted by Gasteiger charge is -2.20. The monoisotopic (exact) mass is 208 g/mol. The van der Waals surface area contributed by atoms with Crippen LogP contribution in [0, 0.1) is 5.92 Å². The molecule has 0 aromatic carbocycles. The number of hydrogen-bond donors (Lipinski definition) is 0. The molecular weight excluding hydrogens is 188 g/mol. The van der Waals surface area contributed by atoms with Crippen LogP contribution in [0.2, 0.25) is 0 Å². The highest BCUT2D eigenvalue weighted by molar-refractivity contribution is 5.79. The summed E-state index contributed by atoms with van der Waals surface area (Å²) < 4.78 is 0. The maximum Gasteiger partial charge on any atom is 0.227 e. The van der Waals surface area contributed by atoms with Gasteiger partial charge in [-0.25, -0.2) is 0 Å². The van der Waals surface area contributed by atoms with Gasteiger partial charge in [0.1, 0.15) is 0 Å². The van der Waals surface area contributed by atoms with E-state index in [1.165, 1.54) is 25.7 Å². The number of rotatable bonds is 2. The maximum absolute atomic E-state index is 12.1. The van der Waals surface area contributed by atoms with E-state index in [2.05, 4.69) is 9.80 Å². The number of likely N-dealkylation sites (tertiary alicyclic amines) is 2. The molecule has 2 saturated heterocycles. The van der Waals surface area contributed by atoms with Gasteiger partial charge in [0.2, 0.25) is 5.91 Å². The van der Waals surface area contributed by atoms with Crippen LogP contribution in [0.3, 0.4) is 0 Å². The average Bonchev–Trinajstić information content (AvgIpc) is 2.83. The number of hydrogen-bond acceptors (Lipinski definition) is 2. The third kappa shape index (κ3) is 1.89. The van der Waals surface area contributed by atoms with Crippen LogP contribution in [-0.4, -0.2) is 47.9 Å². The van der Waals surface area contributed by atoms with Crippen LogP contribution >= 0.6 is 0 Å². The molecule has 0 aromatic rings. The Balaban J connectivity index is 1.55. The van der Waals surface area contributed by atoms with E-state index in [0.29, 0.717) is 11.8 Å². The lowest BCUT2D eigenvalue weighted by molar-refractivity contribution is -0.134. The third-order valence-electron chi connectivity index (χ3n) is 4.05. The molecule has 3 rings (SSSR count). The van der Waals surface area contributed by atoms with Gasteiger partial charge in [-0.1, -0.05) is 0 Å². The predicted octanol–water partition coefficient (Wildman–Crippen LogP) is 1.09. The molecule has 3 nitrogen and oxygen atoms in total. The predicted molar refractivity (Wildman–Crippen MR) is 58.5 cm³/mol. The fourth-order valence-electron chi connectivity index (χ4n) is 2.96. The van der Waals surface area contributed by atoms with Crippen molar-refractivity contribution in [2.24, 2.45) is 5.92 Å². The maximum atomic E-state index is 12.1. The SMILES string of the molecule is O=C(C1CCN(C2CC2)C1)N1CCCC1. The molecule has 15 heavy (non-hydrogen) atoms. The third-order valence-corrected chi connectivity index (χ3v) is 4.05. The first-order chi connectivity index (χ1) is 7.34. The van der Waals surface area contributed by atoms with Crippen molar-refractivity contribution in [3.05, 3.63) is 0 Å². The van der Waals surface area contributed by atoms with E-state index in [1.807, 2.05) is 0 Å². The van der Waals surface area contributed by atoms with Gasteiger partial charge in [0.05, 0.1) is 5.92 Å². The van der Waals surface area contributed by atoms with Crippen molar-refractivity contribution in [2.45, 2.75) is 38.1 Å². The molecule has 3 fully saturated rings. The Hall–Kier alpha value is -0.570. The largest absolute Gasteiger partial charge is 0.342 e. The zero-order valence-corrected chi connectivity index (χ0v) is 9.32. The molecule has 0 N–H and O–H groups in total. The van der Waals surface area contributed by atoms with Crippen LogP contribution in [0.4, 0.5) is 0 Å². The number of nitrogens with zero attached hydrogens (tertiary/aromatic N) is 2. The molecule has 1 aliphatic carbocycles. The molecule has 2 heterocycles. The molecule has 3 heteroatoms. The summed E-state index contributed by atoms with van der Waals surface area (Å²) in [5, 5.41) is 0. The summed E-state index contributed by atoms with van der Waals surface area (Å²) in [6.07, 6.45) is 6.26. The highest BCUT2D eigenvalue weighted by Crippen LogP contribution is 2.32. The van der Waals surface area contributed by atoms with Crippen molar-refractivity contribution in [2.75, 3.05) is 26.2 Å². The molecule has 1 amide bonds. The molecular formula is C12H20N2O. The summed E-state index contributed by atoms with van der Waals surface area (Å²) in [7, 11) is 0. The second kappa shape index (κ2) is 3.78. The Morgan fingerprint density at radius 3 is 2.40 bits per heavy atom. The van der Waals surface area contributed by atoms with Gasteiger partial charge in [0.15, 0.2) is 0 Å². The van der Waals surface area contributed by atoms with Gasteiger partial charge in [0.25, 0.3) is 0 Å². The fraction of sp³-hybridized carbons (Fsp3) is 0.917. The van der Waals surface area contributed by atoms with Gasteiger partial charge >= 0.3 is 0 Å². The van der Waals surface area contributed by atoms with E-state index >= 15 is 0 Å². The molecule has 1 atom stereocenters. The lowest BCUT2D eigenvalue weighted by Crippen LogP contribution is -2.35. The minimum atomic E-state index is 0.323. The molecule has 0 bridgehead atoms. The summed E-state index contributed by atoms with van der Waals surface area (Å²) in [5.74, 6) is 0.763. The van der Waals surface area contributed by atoms with Crippen molar-refractivity contribution in [3.8, 4) is 0 Å². The van der Waals surface area contributed by atoms with Crippen LogP contribution < -0.4 is 0 Å². The molecule has 1 unspecified atom stereocenters. The van der Waals surface area contributed by atoms with Crippen LogP contribution in [0.1, 0.15) is 32.1 Å². The molecule has 3 aliphatic rings. The summed E-state index contributed by atoms with van der Waals surface area (Å²) >= 11 is 0. The number of amides is 1. The van der Waals surface area contributed by atoms with E-state index in [4.69, 9.17) is 0 Å². The Labute approximate surface area is 91.4 Å². The molecule has 1 saturated carbocycles. The summed E-state index contributed by atoms with van der Waals surface area (Å²) in [6, 6.07) is 0.835. The highest BCUT2D eigenvalue weighted by atomic mass is 16.2. The van der Waals surface area contributed by atoms with Gasteiger partial charge in [-0.3, -0.25) is 9.69 Å². The normalized spacial score (nSPS) is 32.5. The Morgan fingerprint density at radius 2 is 1.73 bits per heavy atom. The van der Waals surface area contributed by atoms with Gasteiger partial charge < -0.3 is 4.90 Å². The average molecular weight is 208 g/mol. The topological polar surface area (TPSA) is 23.6 Å². The molecule has 84 valence electrons. The van der Waals surface area contributed by atoms with E-state index in [-0.39, 0.29) is 0 Å². The van der Waals surface area contributed by atoms with Gasteiger partial charge in [-0.15, -0.1) is 0 Å². The minimum absolute atomic E-state index is 0.323. The second-order valence-electron chi connectivity index (χ2n) is 5.24. The highest BCUT2D eigenvalue weighted by Gasteiger charge is 2.38. The van der Waals surface area contributed by atoms with Crippen LogP contribution in [0.15, 0.2) is 0 Å². The minimum Gasteiger partial charge on any atom is -0.342 e. The summed E-state index contributed by atoms with van der Waals surface area (Å²) in [5.41, 5.74) is 0. The lowest BCUT2D eigenvalue weighted by atomic mass is 10.1. The van der Waals surface area contributed by atoms with Gasteiger partial charge in [0, 0.05) is 25.7 Å². The van der Waals surface area contributed by atoms with Crippen LogP contribution in [0.5, 0.6) is 0 Å². The Kier molecular flexibility index (Phi) is 2.43. The van der Waals surface area contributed by atoms with Crippen LogP contribution in [0.25, 0.3) is 0 Å². The van der Waals surface area contributed by atoms with E-state index in [0.717, 1.165) is 38.6 Å². The first-order valence-corrected chi connectivity index (χ1v) is 6.37. The van der Waals surface area contributed by atoms with Gasteiger partial charge in [-0.05, 0) is 38.6 Å². The zero-order chi connectivity index (χ0) is 10.3. The zero-order valence-electron chi connectivity index (χ0n) is 9.32.